The normalized spacial score (nSPS) is 10.8. The van der Waals surface area contributed by atoms with E-state index in [0.29, 0.717) is 11.3 Å². The van der Waals surface area contributed by atoms with Gasteiger partial charge in [0.15, 0.2) is 5.82 Å². The fourth-order valence-electron chi connectivity index (χ4n) is 2.20. The number of halogens is 1. The second-order valence-corrected chi connectivity index (χ2v) is 4.85. The predicted octanol–water partition coefficient (Wildman–Crippen LogP) is 4.26. The van der Waals surface area contributed by atoms with E-state index in [1.165, 1.54) is 12.1 Å². The molecule has 0 unspecified atom stereocenters. The molecular formula is C17H16FN3. The highest BCUT2D eigenvalue weighted by Gasteiger charge is 2.09. The summed E-state index contributed by atoms with van der Waals surface area (Å²) in [5.41, 5.74) is 1.53. The Morgan fingerprint density at radius 1 is 1.05 bits per heavy atom. The number of aromatic nitrogens is 2. The van der Waals surface area contributed by atoms with E-state index < -0.39 is 0 Å². The van der Waals surface area contributed by atoms with Crippen molar-refractivity contribution in [1.29, 1.82) is 0 Å². The van der Waals surface area contributed by atoms with Crippen molar-refractivity contribution < 1.29 is 4.39 Å². The highest BCUT2D eigenvalue weighted by atomic mass is 19.1. The van der Waals surface area contributed by atoms with E-state index in [9.17, 15) is 4.39 Å². The number of hydrogen-bond donors (Lipinski definition) is 1. The van der Waals surface area contributed by atoms with Crippen LogP contribution in [0.2, 0.25) is 0 Å². The van der Waals surface area contributed by atoms with Gasteiger partial charge < -0.3 is 5.32 Å². The van der Waals surface area contributed by atoms with Gasteiger partial charge in [-0.1, -0.05) is 37.3 Å². The lowest BCUT2D eigenvalue weighted by molar-refractivity contribution is 0.629. The molecule has 106 valence electrons. The van der Waals surface area contributed by atoms with Crippen molar-refractivity contribution in [3.63, 3.8) is 0 Å². The third kappa shape index (κ3) is 2.84. The molecule has 3 aromatic rings. The van der Waals surface area contributed by atoms with Gasteiger partial charge in [-0.15, -0.1) is 0 Å². The molecule has 3 nitrogen and oxygen atoms in total. The van der Waals surface area contributed by atoms with Gasteiger partial charge >= 0.3 is 0 Å². The number of benzene rings is 2. The van der Waals surface area contributed by atoms with E-state index in [4.69, 9.17) is 0 Å². The zero-order chi connectivity index (χ0) is 14.7. The van der Waals surface area contributed by atoms with Crippen LogP contribution in [0.1, 0.15) is 13.3 Å². The first-order valence-electron chi connectivity index (χ1n) is 7.04. The fraction of sp³-hybridized carbons (Fsp3) is 0.176. The summed E-state index contributed by atoms with van der Waals surface area (Å²) in [7, 11) is 0. The molecule has 0 saturated carbocycles. The fourth-order valence-corrected chi connectivity index (χ4v) is 2.20. The number of hydrogen-bond acceptors (Lipinski definition) is 3. The van der Waals surface area contributed by atoms with Crippen LogP contribution in [-0.4, -0.2) is 16.5 Å². The van der Waals surface area contributed by atoms with Crippen LogP contribution in [0.5, 0.6) is 0 Å². The molecule has 0 spiro atoms. The summed E-state index contributed by atoms with van der Waals surface area (Å²) in [6.07, 6.45) is 0.993. The lowest BCUT2D eigenvalue weighted by Gasteiger charge is -2.10. The van der Waals surface area contributed by atoms with Crippen molar-refractivity contribution in [2.75, 3.05) is 11.9 Å². The minimum absolute atomic E-state index is 0.290. The number of nitrogens with zero attached hydrogens (tertiary/aromatic N) is 2. The summed E-state index contributed by atoms with van der Waals surface area (Å²) in [6, 6.07) is 14.3. The van der Waals surface area contributed by atoms with E-state index in [-0.39, 0.29) is 5.82 Å². The standard InChI is InChI=1S/C17H16FN3/c1-2-10-19-17-14-9-8-13(18)11-15(14)20-16(21-17)12-6-4-3-5-7-12/h3-9,11H,2,10H2,1H3,(H,19,20,21). The lowest BCUT2D eigenvalue weighted by atomic mass is 10.2. The van der Waals surface area contributed by atoms with Gasteiger partial charge in [-0.2, -0.15) is 0 Å². The van der Waals surface area contributed by atoms with Crippen LogP contribution in [0.3, 0.4) is 0 Å². The summed E-state index contributed by atoms with van der Waals surface area (Å²) >= 11 is 0. The first kappa shape index (κ1) is 13.5. The van der Waals surface area contributed by atoms with E-state index in [0.717, 1.165) is 29.7 Å². The van der Waals surface area contributed by atoms with Crippen molar-refractivity contribution in [3.8, 4) is 11.4 Å². The Kier molecular flexibility index (Phi) is 3.77. The molecule has 0 aliphatic heterocycles. The molecule has 0 aliphatic carbocycles. The van der Waals surface area contributed by atoms with Crippen molar-refractivity contribution in [3.05, 3.63) is 54.3 Å². The predicted molar refractivity (Wildman–Crippen MR) is 83.7 cm³/mol. The Hall–Kier alpha value is -2.49. The van der Waals surface area contributed by atoms with Crippen LogP contribution in [-0.2, 0) is 0 Å². The van der Waals surface area contributed by atoms with Crippen LogP contribution in [0, 0.1) is 5.82 Å². The van der Waals surface area contributed by atoms with E-state index in [1.807, 2.05) is 30.3 Å². The minimum Gasteiger partial charge on any atom is -0.369 e. The van der Waals surface area contributed by atoms with Crippen molar-refractivity contribution in [2.24, 2.45) is 0 Å². The molecule has 4 heteroatoms. The largest absolute Gasteiger partial charge is 0.369 e. The van der Waals surface area contributed by atoms with Gasteiger partial charge in [-0.25, -0.2) is 14.4 Å². The van der Waals surface area contributed by atoms with Crippen LogP contribution >= 0.6 is 0 Å². The van der Waals surface area contributed by atoms with Crippen LogP contribution in [0.4, 0.5) is 10.2 Å². The zero-order valence-corrected chi connectivity index (χ0v) is 11.8. The Morgan fingerprint density at radius 3 is 2.62 bits per heavy atom. The zero-order valence-electron chi connectivity index (χ0n) is 11.8. The highest BCUT2D eigenvalue weighted by molar-refractivity contribution is 5.90. The first-order valence-corrected chi connectivity index (χ1v) is 7.04. The average molecular weight is 281 g/mol. The van der Waals surface area contributed by atoms with Gasteiger partial charge in [0.25, 0.3) is 0 Å². The second-order valence-electron chi connectivity index (χ2n) is 4.85. The van der Waals surface area contributed by atoms with E-state index >= 15 is 0 Å². The quantitative estimate of drug-likeness (QED) is 0.776. The third-order valence-electron chi connectivity index (χ3n) is 3.23. The highest BCUT2D eigenvalue weighted by Crippen LogP contribution is 2.25. The maximum atomic E-state index is 13.5. The van der Waals surface area contributed by atoms with Gasteiger partial charge in [0.05, 0.1) is 5.52 Å². The number of nitrogens with one attached hydrogen (secondary N) is 1. The van der Waals surface area contributed by atoms with E-state index in [2.05, 4.69) is 22.2 Å². The molecular weight excluding hydrogens is 265 g/mol. The summed E-state index contributed by atoms with van der Waals surface area (Å²) < 4.78 is 13.5. The topological polar surface area (TPSA) is 37.8 Å². The average Bonchev–Trinajstić information content (AvgIpc) is 2.52. The van der Waals surface area contributed by atoms with Gasteiger partial charge in [0.1, 0.15) is 11.6 Å². The molecule has 1 heterocycles. The third-order valence-corrected chi connectivity index (χ3v) is 3.23. The number of fused-ring (bicyclic) bond motifs is 1. The smallest absolute Gasteiger partial charge is 0.162 e. The van der Waals surface area contributed by atoms with Crippen LogP contribution < -0.4 is 5.32 Å². The molecule has 21 heavy (non-hydrogen) atoms. The molecule has 0 fully saturated rings. The molecule has 1 N–H and O–H groups in total. The Labute approximate surface area is 122 Å². The molecule has 3 rings (SSSR count). The summed E-state index contributed by atoms with van der Waals surface area (Å²) in [5, 5.41) is 4.13. The Bertz CT molecular complexity index is 757. The minimum atomic E-state index is -0.290. The van der Waals surface area contributed by atoms with Gasteiger partial charge in [0, 0.05) is 23.6 Å². The summed E-state index contributed by atoms with van der Waals surface area (Å²) in [6.45, 7) is 2.91. The van der Waals surface area contributed by atoms with Crippen molar-refractivity contribution in [1.82, 2.24) is 9.97 Å². The summed E-state index contributed by atoms with van der Waals surface area (Å²) in [4.78, 5) is 9.08. The second kappa shape index (κ2) is 5.87. The van der Waals surface area contributed by atoms with Crippen LogP contribution in [0.25, 0.3) is 22.3 Å². The number of anilines is 1. The molecule has 0 saturated heterocycles. The van der Waals surface area contributed by atoms with Crippen molar-refractivity contribution >= 4 is 16.7 Å². The van der Waals surface area contributed by atoms with Crippen molar-refractivity contribution in [2.45, 2.75) is 13.3 Å². The van der Waals surface area contributed by atoms with Gasteiger partial charge in [-0.3, -0.25) is 0 Å². The molecule has 0 amide bonds. The van der Waals surface area contributed by atoms with Crippen LogP contribution in [0.15, 0.2) is 48.5 Å². The van der Waals surface area contributed by atoms with E-state index in [1.54, 1.807) is 6.07 Å². The summed E-state index contributed by atoms with van der Waals surface area (Å²) in [5.74, 6) is 1.06. The van der Waals surface area contributed by atoms with Gasteiger partial charge in [0.2, 0.25) is 0 Å². The maximum absolute atomic E-state index is 13.5. The molecule has 0 aliphatic rings. The molecule has 1 aromatic heterocycles. The Balaban J connectivity index is 2.17. The maximum Gasteiger partial charge on any atom is 0.162 e. The molecule has 0 atom stereocenters. The number of rotatable bonds is 4. The SMILES string of the molecule is CCCNc1nc(-c2ccccc2)nc2cc(F)ccc12. The lowest BCUT2D eigenvalue weighted by Crippen LogP contribution is -2.05. The monoisotopic (exact) mass is 281 g/mol. The first-order chi connectivity index (χ1) is 10.3. The molecule has 0 bridgehead atoms. The Morgan fingerprint density at radius 2 is 1.86 bits per heavy atom. The van der Waals surface area contributed by atoms with Gasteiger partial charge in [-0.05, 0) is 18.6 Å². The molecule has 0 radical (unpaired) electrons. The molecule has 2 aromatic carbocycles.